The lowest BCUT2D eigenvalue weighted by molar-refractivity contribution is -0.303. The Balaban J connectivity index is 0.000000709. The van der Waals surface area contributed by atoms with Crippen LogP contribution in [-0.4, -0.2) is 103 Å². The van der Waals surface area contributed by atoms with Crippen LogP contribution in [0.5, 0.6) is 0 Å². The molecule has 0 aromatic carbocycles. The molecule has 0 saturated carbocycles. The standard InChI is InChI=1S/C21H36N4O4.C4H10/c1-16-11-21(28-14-18(15-29-21)12-23-7-3-4-8-23)5-9-25(16)19(26)13-24-10-6-22-17(2)20(24)27;1-4(2)3/h16-18,22H,3-15H2,1-2H3;4H,1-3H3. The molecule has 4 heterocycles. The summed E-state index contributed by atoms with van der Waals surface area (Å²) >= 11 is 0. The number of nitrogens with zero attached hydrogens (tertiary/aromatic N) is 3. The topological polar surface area (TPSA) is 74.3 Å². The first kappa shape index (κ1) is 26.4. The molecule has 8 heteroatoms. The second-order valence-corrected chi connectivity index (χ2v) is 11.0. The molecule has 8 nitrogen and oxygen atoms in total. The van der Waals surface area contributed by atoms with Crippen LogP contribution in [0.3, 0.4) is 0 Å². The molecule has 4 saturated heterocycles. The lowest BCUT2D eigenvalue weighted by Crippen LogP contribution is -2.60. The van der Waals surface area contributed by atoms with Gasteiger partial charge in [0.2, 0.25) is 11.8 Å². The van der Waals surface area contributed by atoms with E-state index >= 15 is 0 Å². The molecule has 2 unspecified atom stereocenters. The van der Waals surface area contributed by atoms with Crippen LogP contribution in [0.2, 0.25) is 0 Å². The van der Waals surface area contributed by atoms with E-state index in [4.69, 9.17) is 9.47 Å². The first-order valence-corrected chi connectivity index (χ1v) is 13.0. The highest BCUT2D eigenvalue weighted by atomic mass is 16.7. The number of hydrogen-bond acceptors (Lipinski definition) is 6. The highest BCUT2D eigenvalue weighted by Gasteiger charge is 2.45. The molecule has 33 heavy (non-hydrogen) atoms. The molecular formula is C25H46N4O4. The normalized spacial score (nSPS) is 33.4. The number of hydrogen-bond donors (Lipinski definition) is 1. The molecule has 0 bridgehead atoms. The highest BCUT2D eigenvalue weighted by molar-refractivity contribution is 5.88. The van der Waals surface area contributed by atoms with Gasteiger partial charge in [0.25, 0.3) is 0 Å². The molecule has 4 aliphatic heterocycles. The second-order valence-electron chi connectivity index (χ2n) is 11.0. The summed E-state index contributed by atoms with van der Waals surface area (Å²) in [5, 5.41) is 3.14. The smallest absolute Gasteiger partial charge is 0.242 e. The maximum Gasteiger partial charge on any atom is 0.242 e. The predicted octanol–water partition coefficient (Wildman–Crippen LogP) is 1.94. The van der Waals surface area contributed by atoms with Crippen molar-refractivity contribution in [1.29, 1.82) is 0 Å². The molecule has 0 aromatic heterocycles. The summed E-state index contributed by atoms with van der Waals surface area (Å²) in [6.45, 7) is 17.5. The largest absolute Gasteiger partial charge is 0.349 e. The SMILES string of the molecule is CC(C)C.CC1NCCN(CC(=O)N2CCC3(CC2C)OCC(CN2CCCC2)CO3)C1=O. The van der Waals surface area contributed by atoms with E-state index in [2.05, 4.69) is 37.9 Å². The van der Waals surface area contributed by atoms with Gasteiger partial charge < -0.3 is 29.5 Å². The Labute approximate surface area is 200 Å². The molecule has 2 atom stereocenters. The van der Waals surface area contributed by atoms with Crippen LogP contribution in [0.25, 0.3) is 0 Å². The molecule has 0 aromatic rings. The third kappa shape index (κ3) is 7.38. The maximum absolute atomic E-state index is 12.9. The lowest BCUT2D eigenvalue weighted by Gasteiger charge is -2.48. The van der Waals surface area contributed by atoms with Crippen LogP contribution in [0.15, 0.2) is 0 Å². The van der Waals surface area contributed by atoms with Crippen LogP contribution in [0.4, 0.5) is 0 Å². The van der Waals surface area contributed by atoms with E-state index in [1.54, 1.807) is 4.90 Å². The van der Waals surface area contributed by atoms with Crippen LogP contribution >= 0.6 is 0 Å². The Kier molecular flexibility index (Phi) is 9.56. The first-order chi connectivity index (χ1) is 15.7. The molecule has 190 valence electrons. The number of carbonyl (C=O) groups is 2. The number of likely N-dealkylation sites (tertiary alicyclic amines) is 2. The minimum absolute atomic E-state index is 0.00808. The minimum atomic E-state index is -0.545. The Morgan fingerprint density at radius 3 is 2.33 bits per heavy atom. The zero-order valence-corrected chi connectivity index (χ0v) is 21.5. The maximum atomic E-state index is 12.9. The molecule has 1 N–H and O–H groups in total. The van der Waals surface area contributed by atoms with Crippen molar-refractivity contribution in [2.24, 2.45) is 11.8 Å². The molecule has 4 aliphatic rings. The summed E-state index contributed by atoms with van der Waals surface area (Å²) in [4.78, 5) is 31.2. The van der Waals surface area contributed by atoms with Gasteiger partial charge in [-0.15, -0.1) is 0 Å². The lowest BCUT2D eigenvalue weighted by atomic mass is 9.95. The van der Waals surface area contributed by atoms with Crippen LogP contribution < -0.4 is 5.32 Å². The van der Waals surface area contributed by atoms with Crippen LogP contribution in [-0.2, 0) is 19.1 Å². The number of ether oxygens (including phenoxy) is 2. The Morgan fingerprint density at radius 1 is 1.09 bits per heavy atom. The van der Waals surface area contributed by atoms with E-state index in [-0.39, 0.29) is 30.4 Å². The monoisotopic (exact) mass is 466 g/mol. The van der Waals surface area contributed by atoms with Crippen molar-refractivity contribution in [1.82, 2.24) is 20.0 Å². The van der Waals surface area contributed by atoms with Gasteiger partial charge in [-0.2, -0.15) is 0 Å². The van der Waals surface area contributed by atoms with Crippen molar-refractivity contribution in [2.75, 3.05) is 59.0 Å². The van der Waals surface area contributed by atoms with Gasteiger partial charge in [-0.05, 0) is 45.7 Å². The third-order valence-electron chi connectivity index (χ3n) is 6.91. The Hall–Kier alpha value is -1.22. The van der Waals surface area contributed by atoms with E-state index in [0.717, 1.165) is 32.2 Å². The molecule has 1 spiro atoms. The summed E-state index contributed by atoms with van der Waals surface area (Å²) in [6.07, 6.45) is 4.00. The Morgan fingerprint density at radius 2 is 1.73 bits per heavy atom. The Bertz CT molecular complexity index is 642. The van der Waals surface area contributed by atoms with Crippen LogP contribution in [0, 0.1) is 11.8 Å². The second kappa shape index (κ2) is 12.0. The van der Waals surface area contributed by atoms with Gasteiger partial charge in [0.05, 0.1) is 25.8 Å². The van der Waals surface area contributed by atoms with Crippen molar-refractivity contribution in [3.8, 4) is 0 Å². The molecular weight excluding hydrogens is 420 g/mol. The quantitative estimate of drug-likeness (QED) is 0.683. The van der Waals surface area contributed by atoms with E-state index in [1.807, 2.05) is 11.8 Å². The van der Waals surface area contributed by atoms with Gasteiger partial charge in [-0.25, -0.2) is 0 Å². The average molecular weight is 467 g/mol. The fourth-order valence-corrected chi connectivity index (χ4v) is 5.17. The van der Waals surface area contributed by atoms with E-state index < -0.39 is 5.79 Å². The van der Waals surface area contributed by atoms with E-state index in [1.165, 1.54) is 25.9 Å². The summed E-state index contributed by atoms with van der Waals surface area (Å²) < 4.78 is 12.5. The average Bonchev–Trinajstić information content (AvgIpc) is 3.26. The summed E-state index contributed by atoms with van der Waals surface area (Å²) in [6, 6.07) is -0.169. The zero-order chi connectivity index (χ0) is 24.0. The van der Waals surface area contributed by atoms with Crippen LogP contribution in [0.1, 0.15) is 60.3 Å². The number of carbonyl (C=O) groups excluding carboxylic acids is 2. The van der Waals surface area contributed by atoms with Gasteiger partial charge in [0.15, 0.2) is 5.79 Å². The summed E-state index contributed by atoms with van der Waals surface area (Å²) in [7, 11) is 0. The summed E-state index contributed by atoms with van der Waals surface area (Å²) in [5.74, 6) is 0.762. The van der Waals surface area contributed by atoms with Crippen molar-refractivity contribution in [2.45, 2.75) is 78.2 Å². The molecule has 0 radical (unpaired) electrons. The molecule has 4 rings (SSSR count). The minimum Gasteiger partial charge on any atom is -0.349 e. The number of piperazine rings is 1. The fourth-order valence-electron chi connectivity index (χ4n) is 5.17. The predicted molar refractivity (Wildman–Crippen MR) is 129 cm³/mol. The van der Waals surface area contributed by atoms with Gasteiger partial charge in [0, 0.05) is 51.0 Å². The van der Waals surface area contributed by atoms with Crippen molar-refractivity contribution >= 4 is 11.8 Å². The van der Waals surface area contributed by atoms with Gasteiger partial charge >= 0.3 is 0 Å². The molecule has 2 amide bonds. The molecule has 4 fully saturated rings. The van der Waals surface area contributed by atoms with E-state index in [0.29, 0.717) is 31.8 Å². The molecule has 0 aliphatic carbocycles. The van der Waals surface area contributed by atoms with E-state index in [9.17, 15) is 9.59 Å². The van der Waals surface area contributed by atoms with Gasteiger partial charge in [0.1, 0.15) is 0 Å². The third-order valence-corrected chi connectivity index (χ3v) is 6.91. The van der Waals surface area contributed by atoms with Gasteiger partial charge in [-0.1, -0.05) is 20.8 Å². The number of rotatable bonds is 4. The zero-order valence-electron chi connectivity index (χ0n) is 21.5. The number of nitrogens with one attached hydrogen (secondary N) is 1. The highest BCUT2D eigenvalue weighted by Crippen LogP contribution is 2.35. The van der Waals surface area contributed by atoms with Crippen molar-refractivity contribution < 1.29 is 19.1 Å². The van der Waals surface area contributed by atoms with Crippen molar-refractivity contribution in [3.05, 3.63) is 0 Å². The summed E-state index contributed by atoms with van der Waals surface area (Å²) in [5.41, 5.74) is 0. The first-order valence-electron chi connectivity index (χ1n) is 13.0. The van der Waals surface area contributed by atoms with Gasteiger partial charge in [-0.3, -0.25) is 9.59 Å². The van der Waals surface area contributed by atoms with Crippen molar-refractivity contribution in [3.63, 3.8) is 0 Å². The number of amides is 2. The fraction of sp³-hybridized carbons (Fsp3) is 0.920. The number of piperidine rings is 1.